The molecule has 1 aromatic rings. The highest BCUT2D eigenvalue weighted by Crippen LogP contribution is 2.23. The van der Waals surface area contributed by atoms with Crippen molar-refractivity contribution < 1.29 is 4.74 Å². The summed E-state index contributed by atoms with van der Waals surface area (Å²) in [6.07, 6.45) is 1.20. The van der Waals surface area contributed by atoms with E-state index in [9.17, 15) is 0 Å². The molecule has 1 N–H and O–H groups in total. The van der Waals surface area contributed by atoms with E-state index in [1.54, 1.807) is 0 Å². The van der Waals surface area contributed by atoms with Crippen molar-refractivity contribution in [3.8, 4) is 0 Å². The van der Waals surface area contributed by atoms with Crippen molar-refractivity contribution in [3.05, 3.63) is 35.9 Å². The van der Waals surface area contributed by atoms with Crippen LogP contribution in [0.5, 0.6) is 0 Å². The number of nitrogens with one attached hydrogen (secondary N) is 1. The van der Waals surface area contributed by atoms with Crippen LogP contribution >= 0.6 is 0 Å². The van der Waals surface area contributed by atoms with Gasteiger partial charge in [0.15, 0.2) is 0 Å². The van der Waals surface area contributed by atoms with Crippen molar-refractivity contribution >= 4 is 0 Å². The molecule has 1 atom stereocenters. The zero-order valence-corrected chi connectivity index (χ0v) is 13.8. The molecule has 0 amide bonds. The lowest BCUT2D eigenvalue weighted by molar-refractivity contribution is 0.0804. The summed E-state index contributed by atoms with van der Waals surface area (Å²) in [5, 5.41) is 3.73. The first kappa shape index (κ1) is 16.5. The Labute approximate surface area is 129 Å². The van der Waals surface area contributed by atoms with Crippen LogP contribution in [0.1, 0.15) is 32.8 Å². The minimum absolute atomic E-state index is 0.0375. The van der Waals surface area contributed by atoms with E-state index in [4.69, 9.17) is 4.74 Å². The third kappa shape index (κ3) is 5.10. The van der Waals surface area contributed by atoms with Gasteiger partial charge in [-0.05, 0) is 37.9 Å². The SMILES string of the molecule is CC(C)COCCN1CCCNC(C)(c2ccccc2)C1. The van der Waals surface area contributed by atoms with Gasteiger partial charge in [0.1, 0.15) is 0 Å². The first-order chi connectivity index (χ1) is 10.1. The minimum Gasteiger partial charge on any atom is -0.380 e. The maximum absolute atomic E-state index is 5.75. The van der Waals surface area contributed by atoms with Crippen LogP contribution in [0.2, 0.25) is 0 Å². The smallest absolute Gasteiger partial charge is 0.0593 e. The Morgan fingerprint density at radius 1 is 1.29 bits per heavy atom. The van der Waals surface area contributed by atoms with E-state index in [0.29, 0.717) is 5.92 Å². The Morgan fingerprint density at radius 2 is 2.05 bits per heavy atom. The van der Waals surface area contributed by atoms with E-state index in [2.05, 4.69) is 61.3 Å². The summed E-state index contributed by atoms with van der Waals surface area (Å²) in [6, 6.07) is 10.8. The molecule has 21 heavy (non-hydrogen) atoms. The average Bonchev–Trinajstić information content (AvgIpc) is 2.67. The van der Waals surface area contributed by atoms with Crippen LogP contribution in [-0.4, -0.2) is 44.3 Å². The molecule has 3 nitrogen and oxygen atoms in total. The zero-order valence-electron chi connectivity index (χ0n) is 13.8. The fourth-order valence-corrected chi connectivity index (χ4v) is 2.95. The fraction of sp³-hybridized carbons (Fsp3) is 0.667. The van der Waals surface area contributed by atoms with E-state index >= 15 is 0 Å². The Hall–Kier alpha value is -0.900. The van der Waals surface area contributed by atoms with Crippen molar-refractivity contribution in [2.45, 2.75) is 32.7 Å². The quantitative estimate of drug-likeness (QED) is 0.815. The molecule has 0 radical (unpaired) electrons. The van der Waals surface area contributed by atoms with E-state index in [1.807, 2.05) is 0 Å². The lowest BCUT2D eigenvalue weighted by Crippen LogP contribution is -2.47. The van der Waals surface area contributed by atoms with Crippen molar-refractivity contribution in [2.24, 2.45) is 5.92 Å². The number of benzene rings is 1. The molecule has 1 fully saturated rings. The number of hydrogen-bond donors (Lipinski definition) is 1. The lowest BCUT2D eigenvalue weighted by atomic mass is 9.91. The summed E-state index contributed by atoms with van der Waals surface area (Å²) in [5.74, 6) is 0.616. The predicted octanol–water partition coefficient (Wildman–Crippen LogP) is 2.87. The van der Waals surface area contributed by atoms with Gasteiger partial charge in [-0.2, -0.15) is 0 Å². The minimum atomic E-state index is 0.0375. The summed E-state index contributed by atoms with van der Waals surface area (Å²) in [7, 11) is 0. The molecule has 1 aliphatic heterocycles. The van der Waals surface area contributed by atoms with Gasteiger partial charge < -0.3 is 10.1 Å². The van der Waals surface area contributed by atoms with Crippen LogP contribution < -0.4 is 5.32 Å². The third-order valence-corrected chi connectivity index (χ3v) is 4.12. The second-order valence-corrected chi connectivity index (χ2v) is 6.72. The van der Waals surface area contributed by atoms with Crippen LogP contribution in [0.25, 0.3) is 0 Å². The number of nitrogens with zero attached hydrogens (tertiary/aromatic N) is 1. The summed E-state index contributed by atoms with van der Waals surface area (Å²) >= 11 is 0. The number of rotatable bonds is 6. The van der Waals surface area contributed by atoms with Crippen LogP contribution in [0.4, 0.5) is 0 Å². The van der Waals surface area contributed by atoms with Gasteiger partial charge in [-0.15, -0.1) is 0 Å². The summed E-state index contributed by atoms with van der Waals surface area (Å²) in [5.41, 5.74) is 1.41. The normalized spacial score (nSPS) is 24.2. The standard InChI is InChI=1S/C18H30N2O/c1-16(2)14-21-13-12-20-11-7-10-19-18(3,15-20)17-8-5-4-6-9-17/h4-6,8-9,16,19H,7,10-15H2,1-3H3. The van der Waals surface area contributed by atoms with Gasteiger partial charge in [0.2, 0.25) is 0 Å². The lowest BCUT2D eigenvalue weighted by Gasteiger charge is -2.34. The van der Waals surface area contributed by atoms with Gasteiger partial charge in [-0.3, -0.25) is 4.90 Å². The van der Waals surface area contributed by atoms with Crippen molar-refractivity contribution in [2.75, 3.05) is 39.4 Å². The molecule has 1 saturated heterocycles. The first-order valence-corrected chi connectivity index (χ1v) is 8.21. The third-order valence-electron chi connectivity index (χ3n) is 4.12. The molecule has 118 valence electrons. The van der Waals surface area contributed by atoms with Crippen LogP contribution in [0, 0.1) is 5.92 Å². The molecule has 3 heteroatoms. The molecular formula is C18H30N2O. The monoisotopic (exact) mass is 290 g/mol. The Morgan fingerprint density at radius 3 is 2.76 bits per heavy atom. The molecule has 0 bridgehead atoms. The van der Waals surface area contributed by atoms with Gasteiger partial charge in [0, 0.05) is 19.7 Å². The fourth-order valence-electron chi connectivity index (χ4n) is 2.95. The summed E-state index contributed by atoms with van der Waals surface area (Å²) < 4.78 is 5.75. The molecule has 1 heterocycles. The maximum Gasteiger partial charge on any atom is 0.0593 e. The largest absolute Gasteiger partial charge is 0.380 e. The predicted molar refractivity (Wildman–Crippen MR) is 88.5 cm³/mol. The highest BCUT2D eigenvalue weighted by molar-refractivity contribution is 5.24. The van der Waals surface area contributed by atoms with Gasteiger partial charge >= 0.3 is 0 Å². The summed E-state index contributed by atoms with van der Waals surface area (Å²) in [6.45, 7) is 12.7. The van der Waals surface area contributed by atoms with Gasteiger partial charge in [0.05, 0.1) is 12.1 Å². The van der Waals surface area contributed by atoms with E-state index in [0.717, 1.165) is 39.4 Å². The molecule has 1 aromatic carbocycles. The molecule has 0 spiro atoms. The van der Waals surface area contributed by atoms with E-state index in [-0.39, 0.29) is 5.54 Å². The van der Waals surface area contributed by atoms with Crippen molar-refractivity contribution in [3.63, 3.8) is 0 Å². The molecular weight excluding hydrogens is 260 g/mol. The van der Waals surface area contributed by atoms with Gasteiger partial charge in [-0.25, -0.2) is 0 Å². The Balaban J connectivity index is 1.92. The highest BCUT2D eigenvalue weighted by Gasteiger charge is 2.30. The van der Waals surface area contributed by atoms with Gasteiger partial charge in [0.25, 0.3) is 0 Å². The topological polar surface area (TPSA) is 24.5 Å². The Bertz CT molecular complexity index is 407. The maximum atomic E-state index is 5.75. The average molecular weight is 290 g/mol. The first-order valence-electron chi connectivity index (χ1n) is 8.21. The number of ether oxygens (including phenoxy) is 1. The van der Waals surface area contributed by atoms with Crippen molar-refractivity contribution in [1.82, 2.24) is 10.2 Å². The van der Waals surface area contributed by atoms with Gasteiger partial charge in [-0.1, -0.05) is 44.2 Å². The molecule has 2 rings (SSSR count). The summed E-state index contributed by atoms with van der Waals surface area (Å²) in [4.78, 5) is 2.54. The van der Waals surface area contributed by atoms with E-state index in [1.165, 1.54) is 12.0 Å². The van der Waals surface area contributed by atoms with Crippen molar-refractivity contribution in [1.29, 1.82) is 0 Å². The number of hydrogen-bond acceptors (Lipinski definition) is 3. The molecule has 0 aliphatic carbocycles. The molecule has 1 aliphatic rings. The van der Waals surface area contributed by atoms with Crippen LogP contribution in [-0.2, 0) is 10.3 Å². The molecule has 1 unspecified atom stereocenters. The Kier molecular flexibility index (Phi) is 6.22. The second kappa shape index (κ2) is 7.92. The zero-order chi connectivity index (χ0) is 15.1. The second-order valence-electron chi connectivity index (χ2n) is 6.72. The molecule has 0 saturated carbocycles. The highest BCUT2D eigenvalue weighted by atomic mass is 16.5. The van der Waals surface area contributed by atoms with Crippen LogP contribution in [0.15, 0.2) is 30.3 Å². The molecule has 0 aromatic heterocycles. The van der Waals surface area contributed by atoms with Crippen LogP contribution in [0.3, 0.4) is 0 Å². The van der Waals surface area contributed by atoms with E-state index < -0.39 is 0 Å².